The first-order chi connectivity index (χ1) is 9.39. The molecule has 0 saturated carbocycles. The summed E-state index contributed by atoms with van der Waals surface area (Å²) < 4.78 is 36.2. The minimum Gasteiger partial charge on any atom is -0.229 e. The molecule has 0 fully saturated rings. The van der Waals surface area contributed by atoms with E-state index in [2.05, 4.69) is 31.9 Å². The van der Waals surface area contributed by atoms with Crippen LogP contribution in [0.15, 0.2) is 24.3 Å². The van der Waals surface area contributed by atoms with Crippen LogP contribution in [-0.2, 0) is 15.3 Å². The molecule has 6 heteroatoms. The quantitative estimate of drug-likeness (QED) is 0.583. The van der Waals surface area contributed by atoms with Crippen molar-refractivity contribution in [2.45, 2.75) is 25.2 Å². The van der Waals surface area contributed by atoms with Crippen LogP contribution in [0.1, 0.15) is 25.3 Å². The highest BCUT2D eigenvalue weighted by Gasteiger charge is 2.30. The van der Waals surface area contributed by atoms with Gasteiger partial charge in [-0.05, 0) is 30.5 Å². The van der Waals surface area contributed by atoms with E-state index in [1.54, 1.807) is 19.1 Å². The lowest BCUT2D eigenvalue weighted by Gasteiger charge is -2.30. The summed E-state index contributed by atoms with van der Waals surface area (Å²) in [5.74, 6) is 0.117. The fourth-order valence-electron chi connectivity index (χ4n) is 2.05. The number of sulfone groups is 1. The van der Waals surface area contributed by atoms with Gasteiger partial charge in [-0.1, -0.05) is 50.9 Å². The molecule has 1 aromatic rings. The predicted molar refractivity (Wildman–Crippen MR) is 89.2 cm³/mol. The molecule has 0 aliphatic rings. The number of alkyl halides is 2. The second-order valence-electron chi connectivity index (χ2n) is 4.89. The average Bonchev–Trinajstić information content (AvgIpc) is 2.45. The van der Waals surface area contributed by atoms with Crippen molar-refractivity contribution in [1.82, 2.24) is 0 Å². The molecule has 0 saturated heterocycles. The standard InChI is InChI=1S/C14H19Br2FO2S/c1-2-20(18,19)9-3-8-14(10-15,11-16)12-4-6-13(17)7-5-12/h4-7H,2-3,8-11H2,1H3. The molecule has 1 rings (SSSR count). The minimum atomic E-state index is -2.94. The van der Waals surface area contributed by atoms with Crippen molar-refractivity contribution in [2.24, 2.45) is 0 Å². The predicted octanol–water partition coefficient (Wildman–Crippen LogP) is 4.07. The van der Waals surface area contributed by atoms with Gasteiger partial charge in [0.15, 0.2) is 0 Å². The first kappa shape index (κ1) is 18.1. The molecule has 114 valence electrons. The first-order valence-corrected chi connectivity index (χ1v) is 10.5. The fraction of sp³-hybridized carbons (Fsp3) is 0.571. The number of halogens is 3. The van der Waals surface area contributed by atoms with Crippen LogP contribution in [0.5, 0.6) is 0 Å². The third-order valence-corrected chi connectivity index (χ3v) is 7.46. The molecule has 1 aromatic carbocycles. The summed E-state index contributed by atoms with van der Waals surface area (Å²) in [6.07, 6.45) is 1.33. The van der Waals surface area contributed by atoms with Crippen molar-refractivity contribution >= 4 is 41.7 Å². The van der Waals surface area contributed by atoms with Gasteiger partial charge in [0, 0.05) is 21.8 Å². The second kappa shape index (κ2) is 7.90. The Morgan fingerprint density at radius 3 is 2.15 bits per heavy atom. The van der Waals surface area contributed by atoms with Gasteiger partial charge in [0.05, 0.1) is 5.75 Å². The van der Waals surface area contributed by atoms with E-state index >= 15 is 0 Å². The summed E-state index contributed by atoms with van der Waals surface area (Å²) in [7, 11) is -2.94. The Morgan fingerprint density at radius 1 is 1.15 bits per heavy atom. The van der Waals surface area contributed by atoms with Gasteiger partial charge in [-0.2, -0.15) is 0 Å². The summed E-state index contributed by atoms with van der Waals surface area (Å²) in [4.78, 5) is 0. The van der Waals surface area contributed by atoms with Crippen molar-refractivity contribution in [3.8, 4) is 0 Å². The Bertz CT molecular complexity index is 510. The Morgan fingerprint density at radius 2 is 1.70 bits per heavy atom. The van der Waals surface area contributed by atoms with E-state index in [0.29, 0.717) is 17.1 Å². The number of rotatable bonds is 8. The Labute approximate surface area is 137 Å². The van der Waals surface area contributed by atoms with E-state index in [0.717, 1.165) is 12.0 Å². The topological polar surface area (TPSA) is 34.1 Å². The molecule has 0 atom stereocenters. The highest BCUT2D eigenvalue weighted by Crippen LogP contribution is 2.34. The molecule has 2 nitrogen and oxygen atoms in total. The number of hydrogen-bond acceptors (Lipinski definition) is 2. The van der Waals surface area contributed by atoms with Gasteiger partial charge < -0.3 is 0 Å². The highest BCUT2D eigenvalue weighted by atomic mass is 79.9. The Balaban J connectivity index is 2.84. The molecular weight excluding hydrogens is 411 g/mol. The van der Waals surface area contributed by atoms with E-state index in [1.807, 2.05) is 0 Å². The van der Waals surface area contributed by atoms with Crippen molar-refractivity contribution in [3.05, 3.63) is 35.6 Å². The molecule has 20 heavy (non-hydrogen) atoms. The lowest BCUT2D eigenvalue weighted by molar-refractivity contribution is 0.493. The molecule has 0 radical (unpaired) electrons. The number of hydrogen-bond donors (Lipinski definition) is 0. The summed E-state index contributed by atoms with van der Waals surface area (Å²) in [5.41, 5.74) is 0.804. The Hall–Kier alpha value is 0.0600. The molecular formula is C14H19Br2FO2S. The van der Waals surface area contributed by atoms with E-state index in [9.17, 15) is 12.8 Å². The molecule has 0 heterocycles. The minimum absolute atomic E-state index is 0.180. The van der Waals surface area contributed by atoms with E-state index in [1.165, 1.54) is 12.1 Å². The van der Waals surface area contributed by atoms with E-state index < -0.39 is 9.84 Å². The smallest absolute Gasteiger partial charge is 0.150 e. The average molecular weight is 430 g/mol. The maximum Gasteiger partial charge on any atom is 0.150 e. The largest absolute Gasteiger partial charge is 0.229 e. The van der Waals surface area contributed by atoms with Crippen LogP contribution in [0.2, 0.25) is 0 Å². The Kier molecular flexibility index (Phi) is 7.15. The van der Waals surface area contributed by atoms with E-state index in [4.69, 9.17) is 0 Å². The van der Waals surface area contributed by atoms with Crippen LogP contribution in [0, 0.1) is 5.82 Å². The van der Waals surface area contributed by atoms with Crippen LogP contribution in [0.3, 0.4) is 0 Å². The molecule has 0 N–H and O–H groups in total. The van der Waals surface area contributed by atoms with Crippen molar-refractivity contribution in [3.63, 3.8) is 0 Å². The van der Waals surface area contributed by atoms with Crippen molar-refractivity contribution in [2.75, 3.05) is 22.2 Å². The SMILES string of the molecule is CCS(=O)(=O)CCCC(CBr)(CBr)c1ccc(F)cc1. The third-order valence-electron chi connectivity index (χ3n) is 3.52. The summed E-state index contributed by atoms with van der Waals surface area (Å²) in [6, 6.07) is 6.43. The number of benzene rings is 1. The molecule has 0 spiro atoms. The van der Waals surface area contributed by atoms with Gasteiger partial charge in [0.1, 0.15) is 15.7 Å². The van der Waals surface area contributed by atoms with Crippen LogP contribution >= 0.6 is 31.9 Å². The molecule has 0 aliphatic heterocycles. The zero-order valence-electron chi connectivity index (χ0n) is 11.4. The zero-order chi connectivity index (χ0) is 15.2. The maximum atomic E-state index is 13.0. The second-order valence-corrected chi connectivity index (χ2v) is 8.49. The summed E-state index contributed by atoms with van der Waals surface area (Å²) in [5, 5.41) is 1.39. The van der Waals surface area contributed by atoms with Crippen LogP contribution in [0.25, 0.3) is 0 Å². The van der Waals surface area contributed by atoms with Crippen LogP contribution in [-0.4, -0.2) is 30.6 Å². The third kappa shape index (κ3) is 4.81. The van der Waals surface area contributed by atoms with Crippen LogP contribution in [0.4, 0.5) is 4.39 Å². The monoisotopic (exact) mass is 428 g/mol. The van der Waals surface area contributed by atoms with Crippen LogP contribution < -0.4 is 0 Å². The van der Waals surface area contributed by atoms with Gasteiger partial charge in [0.25, 0.3) is 0 Å². The van der Waals surface area contributed by atoms with Gasteiger partial charge in [0.2, 0.25) is 0 Å². The maximum absolute atomic E-state index is 13.0. The van der Waals surface area contributed by atoms with Crippen molar-refractivity contribution in [1.29, 1.82) is 0 Å². The lowest BCUT2D eigenvalue weighted by atomic mass is 9.80. The van der Waals surface area contributed by atoms with Gasteiger partial charge in [-0.25, -0.2) is 12.8 Å². The van der Waals surface area contributed by atoms with Crippen molar-refractivity contribution < 1.29 is 12.8 Å². The molecule has 0 amide bonds. The lowest BCUT2D eigenvalue weighted by Crippen LogP contribution is -2.31. The molecule has 0 aliphatic carbocycles. The molecule has 0 bridgehead atoms. The summed E-state index contributed by atoms with van der Waals surface area (Å²) >= 11 is 7.03. The zero-order valence-corrected chi connectivity index (χ0v) is 15.4. The van der Waals surface area contributed by atoms with Gasteiger partial charge in [-0.3, -0.25) is 0 Å². The normalized spacial score (nSPS) is 12.6. The van der Waals surface area contributed by atoms with Gasteiger partial charge in [-0.15, -0.1) is 0 Å². The summed E-state index contributed by atoms with van der Waals surface area (Å²) in [6.45, 7) is 1.66. The molecule has 0 unspecified atom stereocenters. The highest BCUT2D eigenvalue weighted by molar-refractivity contribution is 9.09. The fourth-order valence-corrected chi connectivity index (χ4v) is 5.06. The molecule has 0 aromatic heterocycles. The first-order valence-electron chi connectivity index (χ1n) is 6.47. The van der Waals surface area contributed by atoms with E-state index in [-0.39, 0.29) is 22.7 Å². The van der Waals surface area contributed by atoms with Gasteiger partial charge >= 0.3 is 0 Å².